The van der Waals surface area contributed by atoms with E-state index < -0.39 is 8.07 Å². The molecule has 4 aliphatic heterocycles. The van der Waals surface area contributed by atoms with Crippen molar-refractivity contribution in [1.82, 2.24) is 19.6 Å². The molecule has 4 heterocycles. The number of aliphatic hydroxyl groups is 1. The third-order valence-corrected chi connectivity index (χ3v) is 12.6. The molecule has 4 saturated heterocycles. The van der Waals surface area contributed by atoms with Gasteiger partial charge in [-0.1, -0.05) is 67.9 Å². The maximum atomic E-state index is 12.9. The summed E-state index contributed by atoms with van der Waals surface area (Å²) in [5.41, 5.74) is 6.19. The Kier molecular flexibility index (Phi) is 27.5. The van der Waals surface area contributed by atoms with Crippen LogP contribution in [0.2, 0.25) is 19.6 Å². The summed E-state index contributed by atoms with van der Waals surface area (Å²) in [6.45, 7) is 8.59. The second-order valence-corrected chi connectivity index (χ2v) is 22.4. The standard InChI is InChI=1S/C27H31N3O4Si.C24H23N3O4.CH2O3.CH4O.2K.H/c1-35(2,3)18-15-21-9-11-24(12-10-21)34-20-26(32)28-16-13-22(14-17-28)29-19-25(31)30(27(29)33)23-7-5-4-6-8-23;1-2-18-8-10-21(11-9-18)31-17-23(29)25-14-12-19(13-15-25)26-16-22(28)27(24(26)30)20-6-4-3-5-7-20;2-1-4-3;1-2;;;/h4-12,22H,13-14,16-17,19-20H2,1-3H3;1,3-11,19H,12-17H2;1,3H;2H,1H3;;;/q;;;;2*+1;-1/p-1. The molecule has 0 radical (unpaired) electrons. The van der Waals surface area contributed by atoms with Crippen LogP contribution in [-0.4, -0.2) is 147 Å². The van der Waals surface area contributed by atoms with E-state index in [9.17, 15) is 28.8 Å². The monoisotopic (exact) mass is 1080 g/mol. The third kappa shape index (κ3) is 18.5. The number of amides is 8. The fourth-order valence-electron chi connectivity index (χ4n) is 8.14. The van der Waals surface area contributed by atoms with Gasteiger partial charge in [0.25, 0.3) is 30.1 Å². The first kappa shape index (κ1) is 63.6. The van der Waals surface area contributed by atoms with Gasteiger partial charge >= 0.3 is 115 Å². The number of aliphatic hydroxyl groups excluding tert-OH is 1. The van der Waals surface area contributed by atoms with Gasteiger partial charge in [0.2, 0.25) is 0 Å². The van der Waals surface area contributed by atoms with Gasteiger partial charge in [-0.05, 0) is 98.5 Å². The first-order chi connectivity index (χ1) is 34.7. The minimum absolute atomic E-state index is 0. The Hall–Kier alpha value is -4.70. The second-order valence-electron chi connectivity index (χ2n) is 17.6. The Morgan fingerprint density at radius 1 is 0.649 bits per heavy atom. The van der Waals surface area contributed by atoms with Crippen molar-refractivity contribution in [3.63, 3.8) is 0 Å². The number of rotatable bonds is 11. The molecule has 0 aliphatic carbocycles. The molecule has 0 saturated carbocycles. The number of piperidine rings is 2. The van der Waals surface area contributed by atoms with Crippen molar-refractivity contribution in [2.75, 3.05) is 69.4 Å². The van der Waals surface area contributed by atoms with E-state index in [1.807, 2.05) is 48.5 Å². The molecular formula is C53H60K2N6O12Si. The maximum Gasteiger partial charge on any atom is 1.00 e. The molecule has 0 bridgehead atoms. The van der Waals surface area contributed by atoms with E-state index in [4.69, 9.17) is 31.1 Å². The molecule has 21 heteroatoms. The predicted molar refractivity (Wildman–Crippen MR) is 270 cm³/mol. The normalized spacial score (nSPS) is 15.5. The van der Waals surface area contributed by atoms with E-state index in [0.717, 1.165) is 18.2 Å². The number of likely N-dealkylation sites (tertiary alicyclic amines) is 2. The number of ether oxygens (including phenoxy) is 2. The van der Waals surface area contributed by atoms with E-state index in [1.165, 1.54) is 9.80 Å². The number of hydrogen-bond donors (Lipinski definition) is 1. The van der Waals surface area contributed by atoms with E-state index in [1.54, 1.807) is 80.3 Å². The van der Waals surface area contributed by atoms with Crippen molar-refractivity contribution in [2.45, 2.75) is 57.4 Å². The smallest absolute Gasteiger partial charge is 1.00 e. The number of imide groups is 2. The van der Waals surface area contributed by atoms with Crippen LogP contribution in [0.25, 0.3) is 0 Å². The average Bonchev–Trinajstić information content (AvgIpc) is 3.89. The Balaban J connectivity index is 0.000000451. The molecule has 4 aliphatic rings. The number of para-hydroxylation sites is 2. The molecule has 8 amide bonds. The molecule has 18 nitrogen and oxygen atoms in total. The molecule has 0 aromatic heterocycles. The number of terminal acetylenes is 1. The summed E-state index contributed by atoms with van der Waals surface area (Å²) in [5.74, 6) is 6.33. The van der Waals surface area contributed by atoms with Gasteiger partial charge in [0.05, 0.1) is 11.4 Å². The van der Waals surface area contributed by atoms with Crippen LogP contribution in [0.4, 0.5) is 21.0 Å². The summed E-state index contributed by atoms with van der Waals surface area (Å²) in [6.07, 6.45) is 7.86. The second kappa shape index (κ2) is 32.0. The van der Waals surface area contributed by atoms with Crippen LogP contribution in [0.3, 0.4) is 0 Å². The van der Waals surface area contributed by atoms with E-state index in [2.05, 4.69) is 41.9 Å². The number of urea groups is 2. The zero-order valence-corrected chi connectivity index (χ0v) is 50.1. The van der Waals surface area contributed by atoms with Gasteiger partial charge in [0.15, 0.2) is 13.2 Å². The number of carbonyl (C=O) groups is 7. The van der Waals surface area contributed by atoms with Gasteiger partial charge in [-0.25, -0.2) is 19.4 Å². The molecular weight excluding hydrogens is 1020 g/mol. The molecule has 0 atom stereocenters. The molecule has 74 heavy (non-hydrogen) atoms. The first-order valence-electron chi connectivity index (χ1n) is 23.2. The Labute approximate surface area is 519 Å². The topological polar surface area (TPSA) is 210 Å². The summed E-state index contributed by atoms with van der Waals surface area (Å²) in [5, 5.41) is 15.4. The van der Waals surface area contributed by atoms with Crippen LogP contribution in [0.1, 0.15) is 38.2 Å². The fourth-order valence-corrected chi connectivity index (χ4v) is 8.66. The largest absolute Gasteiger partial charge is 1.00 e. The summed E-state index contributed by atoms with van der Waals surface area (Å²) in [6, 6.07) is 31.7. The van der Waals surface area contributed by atoms with Crippen molar-refractivity contribution in [3.05, 3.63) is 120 Å². The SMILES string of the molecule is C#Cc1ccc(OCC(=O)N2CCC(N3CC(=O)N(c4ccccc4)C3=O)CC2)cc1.CO.C[Si](C)(C)C#Cc1ccc(OCC(=O)N2CCC(N3CC(=O)N(c4ccccc4)C3=O)CC2)cc1.O=CO[O-].[H-].[K+].[K+]. The summed E-state index contributed by atoms with van der Waals surface area (Å²) < 4.78 is 11.3. The van der Waals surface area contributed by atoms with Crippen LogP contribution in [-0.2, 0) is 28.9 Å². The van der Waals surface area contributed by atoms with E-state index in [0.29, 0.717) is 74.7 Å². The Morgan fingerprint density at radius 2 is 1.00 bits per heavy atom. The molecule has 0 unspecified atom stereocenters. The number of nitrogens with zero attached hydrogens (tertiary/aromatic N) is 6. The van der Waals surface area contributed by atoms with Gasteiger partial charge in [-0.3, -0.25) is 24.0 Å². The quantitative estimate of drug-likeness (QED) is 0.0451. The summed E-state index contributed by atoms with van der Waals surface area (Å²) >= 11 is 0. The molecule has 4 fully saturated rings. The van der Waals surface area contributed by atoms with Gasteiger partial charge in [-0.2, -0.15) is 0 Å². The van der Waals surface area contributed by atoms with Crippen LogP contribution in [0.5, 0.6) is 11.5 Å². The summed E-state index contributed by atoms with van der Waals surface area (Å²) in [4.78, 5) is 96.4. The molecule has 4 aromatic rings. The minimum Gasteiger partial charge on any atom is -1.00 e. The van der Waals surface area contributed by atoms with Gasteiger partial charge in [-0.15, -0.1) is 12.0 Å². The summed E-state index contributed by atoms with van der Waals surface area (Å²) in [7, 11) is -0.426. The van der Waals surface area contributed by atoms with Crippen LogP contribution in [0, 0.1) is 23.8 Å². The molecule has 4 aromatic carbocycles. The fraction of sp³-hybridized carbons (Fsp3) is 0.340. The van der Waals surface area contributed by atoms with Gasteiger partial charge < -0.3 is 45.8 Å². The third-order valence-electron chi connectivity index (χ3n) is 11.7. The van der Waals surface area contributed by atoms with Crippen LogP contribution < -0.4 is 127 Å². The van der Waals surface area contributed by atoms with Crippen molar-refractivity contribution < 1.29 is 162 Å². The van der Waals surface area contributed by atoms with Crippen LogP contribution in [0.15, 0.2) is 109 Å². The number of carbonyl (C=O) groups excluding carboxylic acids is 7. The van der Waals surface area contributed by atoms with Crippen molar-refractivity contribution in [1.29, 1.82) is 0 Å². The van der Waals surface area contributed by atoms with Crippen molar-refractivity contribution in [2.24, 2.45) is 0 Å². The number of benzene rings is 4. The number of hydrogen-bond acceptors (Lipinski definition) is 12. The molecule has 0 spiro atoms. The van der Waals surface area contributed by atoms with E-state index in [-0.39, 0.29) is 185 Å². The zero-order valence-electron chi connectivity index (χ0n) is 43.8. The van der Waals surface area contributed by atoms with E-state index >= 15 is 0 Å². The molecule has 380 valence electrons. The van der Waals surface area contributed by atoms with Gasteiger partial charge in [0.1, 0.15) is 32.7 Å². The van der Waals surface area contributed by atoms with Crippen molar-refractivity contribution >= 4 is 61.6 Å². The van der Waals surface area contributed by atoms with Crippen LogP contribution >= 0.6 is 0 Å². The molecule has 8 rings (SSSR count). The molecule has 1 N–H and O–H groups in total. The Bertz CT molecular complexity index is 2600. The predicted octanol–water partition coefficient (Wildman–Crippen LogP) is -1.58. The van der Waals surface area contributed by atoms with Gasteiger partial charge in [0, 0.05) is 56.5 Å². The average molecular weight is 1080 g/mol. The Morgan fingerprint density at radius 3 is 1.32 bits per heavy atom. The number of anilines is 2. The van der Waals surface area contributed by atoms with Crippen molar-refractivity contribution in [3.8, 4) is 35.3 Å². The minimum atomic E-state index is -1.43. The zero-order chi connectivity index (χ0) is 52.2. The first-order valence-corrected chi connectivity index (χ1v) is 26.7. The maximum absolute atomic E-state index is 12.9.